The lowest BCUT2D eigenvalue weighted by Gasteiger charge is -2.34. The van der Waals surface area contributed by atoms with Crippen LogP contribution in [0, 0.1) is 5.41 Å². The van der Waals surface area contributed by atoms with E-state index in [0.717, 1.165) is 11.3 Å². The molecule has 0 aromatic heterocycles. The first-order chi connectivity index (χ1) is 11.3. The van der Waals surface area contributed by atoms with E-state index in [2.05, 4.69) is 5.32 Å². The standard InChI is InChI=1S/C17H18N2O3S2/c1-17(2,3)15(21)19-6-7-22-12-5-4-10(8-11(12)19)9-13-14(20)18-16(23)24-13/h4-5,8-9H,6-7H2,1-3H3,(H,18,20,23). The van der Waals surface area contributed by atoms with E-state index >= 15 is 0 Å². The molecular formula is C17H18N2O3S2. The first-order valence-corrected chi connectivity index (χ1v) is 8.82. The topological polar surface area (TPSA) is 58.6 Å². The second-order valence-corrected chi connectivity index (χ2v) is 8.35. The molecule has 2 aliphatic heterocycles. The van der Waals surface area contributed by atoms with Gasteiger partial charge >= 0.3 is 0 Å². The van der Waals surface area contributed by atoms with Gasteiger partial charge in [-0.1, -0.05) is 50.8 Å². The highest BCUT2D eigenvalue weighted by Crippen LogP contribution is 2.36. The van der Waals surface area contributed by atoms with E-state index in [9.17, 15) is 9.59 Å². The number of fused-ring (bicyclic) bond motifs is 1. The molecule has 0 spiro atoms. The number of amides is 2. The minimum absolute atomic E-state index is 0.0472. The van der Waals surface area contributed by atoms with Gasteiger partial charge in [0.25, 0.3) is 5.91 Å². The van der Waals surface area contributed by atoms with Crippen molar-refractivity contribution in [2.75, 3.05) is 18.1 Å². The summed E-state index contributed by atoms with van der Waals surface area (Å²) < 4.78 is 6.12. The van der Waals surface area contributed by atoms with Crippen LogP contribution in [0.1, 0.15) is 26.3 Å². The summed E-state index contributed by atoms with van der Waals surface area (Å²) >= 11 is 6.24. The van der Waals surface area contributed by atoms with Crippen molar-refractivity contribution in [1.29, 1.82) is 0 Å². The van der Waals surface area contributed by atoms with Gasteiger partial charge in [-0.3, -0.25) is 9.59 Å². The highest BCUT2D eigenvalue weighted by molar-refractivity contribution is 8.26. The second-order valence-electron chi connectivity index (χ2n) is 6.63. The zero-order valence-electron chi connectivity index (χ0n) is 13.7. The summed E-state index contributed by atoms with van der Waals surface area (Å²) in [6.45, 7) is 6.69. The fraction of sp³-hybridized carbons (Fsp3) is 0.353. The first kappa shape index (κ1) is 17.0. The summed E-state index contributed by atoms with van der Waals surface area (Å²) in [5.74, 6) is 0.535. The van der Waals surface area contributed by atoms with E-state index in [1.54, 1.807) is 11.0 Å². The van der Waals surface area contributed by atoms with Crippen molar-refractivity contribution in [3.63, 3.8) is 0 Å². The fourth-order valence-corrected chi connectivity index (χ4v) is 3.56. The van der Waals surface area contributed by atoms with Gasteiger partial charge in [0.15, 0.2) is 0 Å². The fourth-order valence-electron chi connectivity index (χ4n) is 2.51. The van der Waals surface area contributed by atoms with Crippen molar-refractivity contribution >= 4 is 51.9 Å². The Morgan fingerprint density at radius 1 is 1.42 bits per heavy atom. The Labute approximate surface area is 150 Å². The minimum Gasteiger partial charge on any atom is -0.490 e. The zero-order chi connectivity index (χ0) is 17.5. The lowest BCUT2D eigenvalue weighted by atomic mass is 9.94. The lowest BCUT2D eigenvalue weighted by molar-refractivity contribution is -0.126. The number of nitrogens with one attached hydrogen (secondary N) is 1. The Morgan fingerprint density at radius 3 is 2.79 bits per heavy atom. The van der Waals surface area contributed by atoms with Crippen molar-refractivity contribution in [3.05, 3.63) is 28.7 Å². The number of thiocarbonyl (C=S) groups is 1. The maximum absolute atomic E-state index is 12.7. The number of hydrogen-bond acceptors (Lipinski definition) is 5. The molecule has 2 heterocycles. The van der Waals surface area contributed by atoms with Gasteiger partial charge in [0.05, 0.1) is 17.1 Å². The normalized spacial score (nSPS) is 19.1. The van der Waals surface area contributed by atoms with Crippen molar-refractivity contribution in [2.24, 2.45) is 5.41 Å². The van der Waals surface area contributed by atoms with Crippen LogP contribution in [0.2, 0.25) is 0 Å². The summed E-state index contributed by atoms with van der Waals surface area (Å²) in [6, 6.07) is 5.58. The largest absolute Gasteiger partial charge is 0.490 e. The average Bonchev–Trinajstić information content (AvgIpc) is 2.82. The number of nitrogens with zero attached hydrogens (tertiary/aromatic N) is 1. The van der Waals surface area contributed by atoms with E-state index in [-0.39, 0.29) is 11.8 Å². The molecule has 7 heteroatoms. The van der Waals surface area contributed by atoms with Gasteiger partial charge in [0, 0.05) is 5.41 Å². The van der Waals surface area contributed by atoms with E-state index in [1.807, 2.05) is 39.0 Å². The third kappa shape index (κ3) is 3.32. The quantitative estimate of drug-likeness (QED) is 0.615. The summed E-state index contributed by atoms with van der Waals surface area (Å²) in [4.78, 5) is 26.8. The molecular weight excluding hydrogens is 344 g/mol. The predicted molar refractivity (Wildman–Crippen MR) is 100 cm³/mol. The summed E-state index contributed by atoms with van der Waals surface area (Å²) in [7, 11) is 0. The predicted octanol–water partition coefficient (Wildman–Crippen LogP) is 2.95. The molecule has 3 rings (SSSR count). The van der Waals surface area contributed by atoms with Crippen molar-refractivity contribution < 1.29 is 14.3 Å². The molecule has 1 aromatic carbocycles. The molecule has 1 fully saturated rings. The van der Waals surface area contributed by atoms with Crippen molar-refractivity contribution in [1.82, 2.24) is 5.32 Å². The number of carbonyl (C=O) groups is 2. The van der Waals surface area contributed by atoms with Gasteiger partial charge < -0.3 is 15.0 Å². The first-order valence-electron chi connectivity index (χ1n) is 7.59. The maximum Gasteiger partial charge on any atom is 0.263 e. The van der Waals surface area contributed by atoms with Gasteiger partial charge in [-0.05, 0) is 23.8 Å². The summed E-state index contributed by atoms with van der Waals surface area (Å²) in [6.07, 6.45) is 1.77. The maximum atomic E-state index is 12.7. The molecule has 2 aliphatic rings. The number of benzene rings is 1. The van der Waals surface area contributed by atoms with Crippen molar-refractivity contribution in [3.8, 4) is 5.75 Å². The van der Waals surface area contributed by atoms with E-state index < -0.39 is 5.41 Å². The number of thioether (sulfide) groups is 1. The van der Waals surface area contributed by atoms with Crippen LogP contribution in [0.15, 0.2) is 23.1 Å². The molecule has 5 nitrogen and oxygen atoms in total. The third-order valence-electron chi connectivity index (χ3n) is 3.67. The molecule has 0 radical (unpaired) electrons. The molecule has 1 aromatic rings. The van der Waals surface area contributed by atoms with Gasteiger partial charge in [-0.15, -0.1) is 0 Å². The number of carbonyl (C=O) groups excluding carboxylic acids is 2. The smallest absolute Gasteiger partial charge is 0.263 e. The van der Waals surface area contributed by atoms with Crippen molar-refractivity contribution in [2.45, 2.75) is 20.8 Å². The van der Waals surface area contributed by atoms with Crippen LogP contribution in [0.4, 0.5) is 5.69 Å². The SMILES string of the molecule is CC(C)(C)C(=O)N1CCOc2ccc(C=C3SC(=S)NC3=O)cc21. The molecule has 1 N–H and O–H groups in total. The molecule has 126 valence electrons. The Hall–Kier alpha value is -1.86. The Bertz CT molecular complexity index is 766. The molecule has 24 heavy (non-hydrogen) atoms. The monoisotopic (exact) mass is 362 g/mol. The molecule has 2 amide bonds. The Balaban J connectivity index is 1.97. The number of hydrogen-bond donors (Lipinski definition) is 1. The van der Waals surface area contributed by atoms with Gasteiger partial charge in [0.1, 0.15) is 16.7 Å². The Kier molecular flexibility index (Phi) is 4.40. The highest BCUT2D eigenvalue weighted by Gasteiger charge is 2.32. The number of ether oxygens (including phenoxy) is 1. The molecule has 1 saturated heterocycles. The second kappa shape index (κ2) is 6.22. The molecule has 0 saturated carbocycles. The molecule has 0 aliphatic carbocycles. The van der Waals surface area contributed by atoms with Gasteiger partial charge in [0.2, 0.25) is 5.91 Å². The van der Waals surface area contributed by atoms with E-state index in [1.165, 1.54) is 11.8 Å². The highest BCUT2D eigenvalue weighted by atomic mass is 32.2. The van der Waals surface area contributed by atoms with Crippen LogP contribution >= 0.6 is 24.0 Å². The number of anilines is 1. The molecule has 0 bridgehead atoms. The minimum atomic E-state index is -0.476. The lowest BCUT2D eigenvalue weighted by Crippen LogP contribution is -2.44. The third-order valence-corrected chi connectivity index (χ3v) is 4.84. The Morgan fingerprint density at radius 2 is 2.17 bits per heavy atom. The van der Waals surface area contributed by atoms with Crippen LogP contribution < -0.4 is 15.0 Å². The van der Waals surface area contributed by atoms with Gasteiger partial charge in [-0.25, -0.2) is 0 Å². The van der Waals surface area contributed by atoms with E-state index in [4.69, 9.17) is 17.0 Å². The molecule has 0 atom stereocenters. The van der Waals surface area contributed by atoms with Gasteiger partial charge in [-0.2, -0.15) is 0 Å². The molecule has 0 unspecified atom stereocenters. The van der Waals surface area contributed by atoms with Crippen LogP contribution in [0.5, 0.6) is 5.75 Å². The van der Waals surface area contributed by atoms with Crippen LogP contribution in [0.3, 0.4) is 0 Å². The van der Waals surface area contributed by atoms with Crippen LogP contribution in [-0.4, -0.2) is 29.3 Å². The number of rotatable bonds is 1. The van der Waals surface area contributed by atoms with Crippen LogP contribution in [0.25, 0.3) is 6.08 Å². The average molecular weight is 362 g/mol. The van der Waals surface area contributed by atoms with Crippen LogP contribution in [-0.2, 0) is 9.59 Å². The summed E-state index contributed by atoms with van der Waals surface area (Å²) in [5, 5.41) is 2.59. The van der Waals surface area contributed by atoms with E-state index in [0.29, 0.717) is 28.1 Å². The zero-order valence-corrected chi connectivity index (χ0v) is 15.3. The summed E-state index contributed by atoms with van der Waals surface area (Å²) in [5.41, 5.74) is 1.09.